The van der Waals surface area contributed by atoms with E-state index in [2.05, 4.69) is 53.3 Å². The predicted molar refractivity (Wildman–Crippen MR) is 198 cm³/mol. The number of aromatic nitrogens is 1. The van der Waals surface area contributed by atoms with Crippen molar-refractivity contribution in [2.45, 2.75) is 57.5 Å². The third-order valence-corrected chi connectivity index (χ3v) is 10.1. The number of aliphatic hydroxyl groups excluding tert-OH is 3. The summed E-state index contributed by atoms with van der Waals surface area (Å²) in [7, 11) is 0. The summed E-state index contributed by atoms with van der Waals surface area (Å²) in [5.41, 5.74) is 0.338. The number of nitrogens with zero attached hydrogens (tertiary/aromatic N) is 3. The van der Waals surface area contributed by atoms with Gasteiger partial charge < -0.3 is 39.7 Å². The van der Waals surface area contributed by atoms with Crippen molar-refractivity contribution in [3.8, 4) is 17.6 Å². The van der Waals surface area contributed by atoms with E-state index in [1.807, 2.05) is 30.4 Å². The van der Waals surface area contributed by atoms with Crippen LogP contribution in [0.2, 0.25) is 5.02 Å². The zero-order valence-corrected chi connectivity index (χ0v) is 30.6. The highest BCUT2D eigenvalue weighted by Gasteiger charge is 2.49. The van der Waals surface area contributed by atoms with Gasteiger partial charge in [-0.2, -0.15) is 5.26 Å². The number of likely N-dealkylation sites (tertiary alicyclic amines) is 1. The summed E-state index contributed by atoms with van der Waals surface area (Å²) in [6.45, 7) is 7.56. The van der Waals surface area contributed by atoms with Gasteiger partial charge in [0.05, 0.1) is 41.0 Å². The topological polar surface area (TPSA) is 157 Å². The Morgan fingerprint density at radius 3 is 2.60 bits per heavy atom. The van der Waals surface area contributed by atoms with Crippen molar-refractivity contribution in [2.24, 2.45) is 5.41 Å². The summed E-state index contributed by atoms with van der Waals surface area (Å²) in [6, 6.07) is 16.8. The van der Waals surface area contributed by atoms with E-state index in [4.69, 9.17) is 25.8 Å². The van der Waals surface area contributed by atoms with E-state index in [1.165, 1.54) is 25.3 Å². The number of carbonyl (C=O) groups excluding carboxylic acids is 1. The molecule has 1 aromatic heterocycles. The highest BCUT2D eigenvalue weighted by molar-refractivity contribution is 6.32. The molecule has 276 valence electrons. The molecule has 1 aliphatic carbocycles. The normalized spacial score (nSPS) is 19.9. The number of β-amino-alcohol motifs (C(OH)–C–C–N with tert-alkyl or cyclic N) is 1. The molecular weight excluding hydrogens is 684 g/mol. The number of nitriles is 1. The zero-order chi connectivity index (χ0) is 37.4. The van der Waals surface area contributed by atoms with Gasteiger partial charge in [0, 0.05) is 55.7 Å². The molecule has 2 aliphatic rings. The number of nitrogens with one attached hydrogen (secondary N) is 1. The van der Waals surface area contributed by atoms with Crippen LogP contribution in [0.5, 0.6) is 11.5 Å². The fraction of sp³-hybridized carbons (Fsp3) is 0.425. The Balaban J connectivity index is 1.44. The van der Waals surface area contributed by atoms with E-state index in [9.17, 15) is 25.4 Å². The lowest BCUT2D eigenvalue weighted by molar-refractivity contribution is -0.0926. The van der Waals surface area contributed by atoms with Crippen LogP contribution in [-0.4, -0.2) is 94.4 Å². The van der Waals surface area contributed by atoms with Crippen molar-refractivity contribution in [2.75, 3.05) is 46.1 Å². The average Bonchev–Trinajstić information content (AvgIpc) is 3.57. The van der Waals surface area contributed by atoms with E-state index in [0.717, 1.165) is 37.1 Å². The lowest BCUT2D eigenvalue weighted by Crippen LogP contribution is -2.52. The molecule has 1 saturated heterocycles. The quantitative estimate of drug-likeness (QED) is 0.149. The van der Waals surface area contributed by atoms with E-state index < -0.39 is 35.7 Å². The third kappa shape index (κ3) is 9.01. The Morgan fingerprint density at radius 2 is 1.90 bits per heavy atom. The smallest absolute Gasteiger partial charge is 0.255 e. The van der Waals surface area contributed by atoms with Crippen LogP contribution in [0.25, 0.3) is 5.57 Å². The molecule has 5 rings (SSSR count). The number of ether oxygens (including phenoxy) is 3. The van der Waals surface area contributed by atoms with Gasteiger partial charge in [0.1, 0.15) is 36.4 Å². The summed E-state index contributed by atoms with van der Waals surface area (Å²) in [6.07, 6.45) is 10.3. The molecule has 4 N–H and O–H groups in total. The predicted octanol–water partition coefficient (Wildman–Crippen LogP) is 4.93. The second kappa shape index (κ2) is 17.0. The molecule has 1 unspecified atom stereocenters. The molecule has 2 aromatic carbocycles. The molecule has 0 radical (unpaired) electrons. The van der Waals surface area contributed by atoms with Crippen LogP contribution in [-0.2, 0) is 11.3 Å². The largest absolute Gasteiger partial charge is 0.488 e. The Bertz CT molecular complexity index is 1810. The molecule has 0 spiro atoms. The number of hydrogen-bond acceptors (Lipinski definition) is 10. The van der Waals surface area contributed by atoms with E-state index >= 15 is 0 Å². The van der Waals surface area contributed by atoms with Crippen LogP contribution in [0.3, 0.4) is 0 Å². The maximum atomic E-state index is 13.5. The van der Waals surface area contributed by atoms with Crippen molar-refractivity contribution >= 4 is 23.1 Å². The number of pyridine rings is 1. The lowest BCUT2D eigenvalue weighted by atomic mass is 9.65. The van der Waals surface area contributed by atoms with Gasteiger partial charge in [0.15, 0.2) is 0 Å². The van der Waals surface area contributed by atoms with Crippen molar-refractivity contribution < 1.29 is 34.3 Å². The second-order valence-corrected chi connectivity index (χ2v) is 14.6. The minimum absolute atomic E-state index is 0.0246. The molecular formula is C40H47ClN4O7. The van der Waals surface area contributed by atoms with Crippen LogP contribution >= 0.6 is 11.6 Å². The van der Waals surface area contributed by atoms with Crippen LogP contribution in [0, 0.1) is 16.7 Å². The highest BCUT2D eigenvalue weighted by atomic mass is 35.5. The van der Waals surface area contributed by atoms with Crippen LogP contribution in [0.1, 0.15) is 60.7 Å². The number of aliphatic hydroxyl groups is 3. The summed E-state index contributed by atoms with van der Waals surface area (Å²) >= 11 is 6.81. The first-order chi connectivity index (χ1) is 24.9. The highest BCUT2D eigenvalue weighted by Crippen LogP contribution is 2.49. The summed E-state index contributed by atoms with van der Waals surface area (Å²) in [5.74, 6) is -0.251. The summed E-state index contributed by atoms with van der Waals surface area (Å²) in [4.78, 5) is 19.9. The number of rotatable bonds is 16. The summed E-state index contributed by atoms with van der Waals surface area (Å²) < 4.78 is 19.5. The van der Waals surface area contributed by atoms with Gasteiger partial charge in [-0.15, -0.1) is 0 Å². The van der Waals surface area contributed by atoms with Gasteiger partial charge >= 0.3 is 0 Å². The standard InChI is InChI=1S/C40H47ClN4O7/c1-38(2)33(30-9-5-4-6-10-30)11-7-13-40(38,52-16-8-14-45-15-12-31(48)23-45)27-51-36-19-35(50-24-29-17-28(20-42)21-43-22-29)32(18-34(36)41)37(49)44-39(3,25-46)26-47/h4-7,9-11,13,17-19,21-22,31,46-48H,8,12,14-16,23-27H2,1-3H3,(H,44,49)/t31?,40-/m0/s1. The number of hydrogen-bond donors (Lipinski definition) is 4. The van der Waals surface area contributed by atoms with Crippen molar-refractivity contribution in [3.05, 3.63) is 106 Å². The molecule has 11 nitrogen and oxygen atoms in total. The zero-order valence-electron chi connectivity index (χ0n) is 29.8. The van der Waals surface area contributed by atoms with E-state index in [0.29, 0.717) is 24.3 Å². The molecule has 1 fully saturated rings. The van der Waals surface area contributed by atoms with Crippen LogP contribution in [0.15, 0.2) is 79.2 Å². The molecule has 0 bridgehead atoms. The molecule has 12 heteroatoms. The molecule has 2 atom stereocenters. The first-order valence-electron chi connectivity index (χ1n) is 17.4. The molecule has 3 aromatic rings. The maximum absolute atomic E-state index is 13.5. The van der Waals surface area contributed by atoms with Crippen molar-refractivity contribution in [1.29, 1.82) is 5.26 Å². The molecule has 52 heavy (non-hydrogen) atoms. The van der Waals surface area contributed by atoms with Gasteiger partial charge in [-0.05, 0) is 49.1 Å². The first kappa shape index (κ1) is 38.9. The minimum Gasteiger partial charge on any atom is -0.488 e. The number of benzene rings is 2. The molecule has 1 aliphatic heterocycles. The summed E-state index contributed by atoms with van der Waals surface area (Å²) in [5, 5.41) is 41.8. The third-order valence-electron chi connectivity index (χ3n) is 9.82. The lowest BCUT2D eigenvalue weighted by Gasteiger charge is -2.47. The van der Waals surface area contributed by atoms with Crippen molar-refractivity contribution in [1.82, 2.24) is 15.2 Å². The molecule has 2 heterocycles. The van der Waals surface area contributed by atoms with Gasteiger partial charge in [0.25, 0.3) is 5.91 Å². The first-order valence-corrected chi connectivity index (χ1v) is 17.8. The van der Waals surface area contributed by atoms with Gasteiger partial charge in [-0.25, -0.2) is 0 Å². The second-order valence-electron chi connectivity index (χ2n) is 14.1. The fourth-order valence-corrected chi connectivity index (χ4v) is 6.68. The number of allylic oxidation sites excluding steroid dienone is 2. The number of amides is 1. The minimum atomic E-state index is -1.30. The number of halogens is 1. The van der Waals surface area contributed by atoms with Crippen molar-refractivity contribution in [3.63, 3.8) is 0 Å². The number of carbonyl (C=O) groups is 1. The average molecular weight is 731 g/mol. The van der Waals surface area contributed by atoms with E-state index in [1.54, 1.807) is 12.3 Å². The Kier molecular flexibility index (Phi) is 12.8. The maximum Gasteiger partial charge on any atom is 0.255 e. The Labute approximate surface area is 310 Å². The monoisotopic (exact) mass is 730 g/mol. The van der Waals surface area contributed by atoms with E-state index in [-0.39, 0.29) is 41.4 Å². The van der Waals surface area contributed by atoms with Gasteiger partial charge in [-0.3, -0.25) is 9.78 Å². The Morgan fingerprint density at radius 1 is 1.13 bits per heavy atom. The van der Waals surface area contributed by atoms with Crippen LogP contribution < -0.4 is 14.8 Å². The van der Waals surface area contributed by atoms with Gasteiger partial charge in [-0.1, -0.05) is 67.9 Å². The fourth-order valence-electron chi connectivity index (χ4n) is 6.46. The van der Waals surface area contributed by atoms with Crippen LogP contribution in [0.4, 0.5) is 0 Å². The molecule has 0 saturated carbocycles. The Hall–Kier alpha value is -4.28. The van der Waals surface area contributed by atoms with Gasteiger partial charge in [0.2, 0.25) is 0 Å². The molecule has 1 amide bonds. The SMILES string of the molecule is CC(CO)(CO)NC(=O)c1cc(Cl)c(OC[C@@]2(OCCCN3CCC(O)C3)C=CC=C(c3ccccc3)C2(C)C)cc1OCc1cncc(C#N)c1.